The fourth-order valence-electron chi connectivity index (χ4n) is 2.10. The summed E-state index contributed by atoms with van der Waals surface area (Å²) in [6, 6.07) is 0. The minimum atomic E-state index is -0.175. The second-order valence-corrected chi connectivity index (χ2v) is 4.20. The molecule has 0 aliphatic heterocycles. The van der Waals surface area contributed by atoms with Crippen LogP contribution in [0.1, 0.15) is 52.9 Å². The van der Waals surface area contributed by atoms with Gasteiger partial charge in [-0.2, -0.15) is 0 Å². The third kappa shape index (κ3) is 4.97. The Kier molecular flexibility index (Phi) is 8.20. The molecule has 2 N–H and O–H groups in total. The Morgan fingerprint density at radius 3 is 1.93 bits per heavy atom. The van der Waals surface area contributed by atoms with E-state index in [2.05, 4.69) is 20.8 Å². The Morgan fingerprint density at radius 2 is 1.57 bits per heavy atom. The summed E-state index contributed by atoms with van der Waals surface area (Å²) in [7, 11) is 0. The molecule has 0 aromatic heterocycles. The van der Waals surface area contributed by atoms with Crippen LogP contribution in [0.3, 0.4) is 0 Å². The van der Waals surface area contributed by atoms with Crippen molar-refractivity contribution < 1.29 is 10.2 Å². The highest BCUT2D eigenvalue weighted by atomic mass is 16.3. The number of hydrogen-bond acceptors (Lipinski definition) is 2. The van der Waals surface area contributed by atoms with E-state index in [0.29, 0.717) is 11.8 Å². The topological polar surface area (TPSA) is 40.5 Å². The van der Waals surface area contributed by atoms with Crippen LogP contribution >= 0.6 is 0 Å². The summed E-state index contributed by atoms with van der Waals surface area (Å²) in [5.41, 5.74) is 0. The molecule has 14 heavy (non-hydrogen) atoms. The molecule has 0 saturated carbocycles. The van der Waals surface area contributed by atoms with Gasteiger partial charge in [0.2, 0.25) is 0 Å². The van der Waals surface area contributed by atoms with Gasteiger partial charge in [0.1, 0.15) is 0 Å². The molecular weight excluding hydrogens is 176 g/mol. The lowest BCUT2D eigenvalue weighted by Crippen LogP contribution is -2.22. The lowest BCUT2D eigenvalue weighted by molar-refractivity contribution is 0.0905. The summed E-state index contributed by atoms with van der Waals surface area (Å²) < 4.78 is 0. The molecule has 86 valence electrons. The van der Waals surface area contributed by atoms with Crippen LogP contribution in [0, 0.1) is 11.8 Å². The quantitative estimate of drug-likeness (QED) is 0.635. The van der Waals surface area contributed by atoms with Crippen LogP contribution in [0.2, 0.25) is 0 Å². The van der Waals surface area contributed by atoms with E-state index in [-0.39, 0.29) is 12.7 Å². The maximum atomic E-state index is 9.71. The van der Waals surface area contributed by atoms with Crippen LogP contribution in [-0.4, -0.2) is 22.9 Å². The van der Waals surface area contributed by atoms with Crippen molar-refractivity contribution in [1.82, 2.24) is 0 Å². The second-order valence-electron chi connectivity index (χ2n) is 4.20. The summed E-state index contributed by atoms with van der Waals surface area (Å²) >= 11 is 0. The van der Waals surface area contributed by atoms with Crippen LogP contribution in [0.4, 0.5) is 0 Å². The lowest BCUT2D eigenvalue weighted by Gasteiger charge is -2.25. The van der Waals surface area contributed by atoms with Gasteiger partial charge in [-0.1, -0.05) is 40.0 Å². The van der Waals surface area contributed by atoms with Gasteiger partial charge in [-0.25, -0.2) is 0 Å². The fourth-order valence-corrected chi connectivity index (χ4v) is 2.10. The van der Waals surface area contributed by atoms with Gasteiger partial charge in [-0.05, 0) is 24.7 Å². The molecule has 0 fully saturated rings. The van der Waals surface area contributed by atoms with Crippen LogP contribution < -0.4 is 0 Å². The van der Waals surface area contributed by atoms with Crippen LogP contribution in [0.25, 0.3) is 0 Å². The van der Waals surface area contributed by atoms with Gasteiger partial charge in [0.05, 0.1) is 6.10 Å². The van der Waals surface area contributed by atoms with Gasteiger partial charge in [-0.15, -0.1) is 0 Å². The fraction of sp³-hybridized carbons (Fsp3) is 1.00. The summed E-state index contributed by atoms with van der Waals surface area (Å²) in [5.74, 6) is 0.845. The van der Waals surface area contributed by atoms with E-state index in [9.17, 15) is 10.2 Å². The molecular formula is C12H26O2. The summed E-state index contributed by atoms with van der Waals surface area (Å²) in [4.78, 5) is 0. The molecule has 0 radical (unpaired) electrons. The molecule has 2 heteroatoms. The number of rotatable bonds is 8. The Bertz CT molecular complexity index is 121. The molecule has 0 heterocycles. The second kappa shape index (κ2) is 8.25. The number of hydrogen-bond donors (Lipinski definition) is 2. The minimum absolute atomic E-state index is 0.175. The molecule has 0 aliphatic rings. The Labute approximate surface area is 88.3 Å². The van der Waals surface area contributed by atoms with E-state index in [0.717, 1.165) is 32.1 Å². The average Bonchev–Trinajstić information content (AvgIpc) is 2.18. The van der Waals surface area contributed by atoms with Crippen LogP contribution in [-0.2, 0) is 0 Å². The van der Waals surface area contributed by atoms with E-state index in [4.69, 9.17) is 0 Å². The van der Waals surface area contributed by atoms with Crippen LogP contribution in [0.15, 0.2) is 0 Å². The van der Waals surface area contributed by atoms with E-state index >= 15 is 0 Å². The molecule has 0 spiro atoms. The van der Waals surface area contributed by atoms with Gasteiger partial charge in [0.15, 0.2) is 0 Å². The minimum Gasteiger partial charge on any atom is -0.396 e. The highest BCUT2D eigenvalue weighted by Crippen LogP contribution is 2.24. The molecule has 0 aromatic carbocycles. The van der Waals surface area contributed by atoms with E-state index < -0.39 is 0 Å². The van der Waals surface area contributed by atoms with Crippen molar-refractivity contribution in [1.29, 1.82) is 0 Å². The third-order valence-electron chi connectivity index (χ3n) is 3.15. The first-order valence-corrected chi connectivity index (χ1v) is 5.98. The summed E-state index contributed by atoms with van der Waals surface area (Å²) in [5, 5.41) is 18.9. The maximum absolute atomic E-state index is 9.71. The molecule has 0 aliphatic carbocycles. The monoisotopic (exact) mass is 202 g/mol. The van der Waals surface area contributed by atoms with Crippen molar-refractivity contribution in [3.8, 4) is 0 Å². The summed E-state index contributed by atoms with van der Waals surface area (Å²) in [6.07, 6.45) is 4.66. The predicted molar refractivity (Wildman–Crippen MR) is 60.2 cm³/mol. The molecule has 0 rings (SSSR count). The van der Waals surface area contributed by atoms with Crippen molar-refractivity contribution in [2.24, 2.45) is 11.8 Å². The van der Waals surface area contributed by atoms with E-state index in [1.54, 1.807) is 0 Å². The van der Waals surface area contributed by atoms with Crippen molar-refractivity contribution in [2.75, 3.05) is 6.61 Å². The van der Waals surface area contributed by atoms with E-state index in [1.165, 1.54) is 0 Å². The predicted octanol–water partition coefficient (Wildman–Crippen LogP) is 2.58. The smallest absolute Gasteiger partial charge is 0.0543 e. The normalized spacial score (nSPS) is 17.8. The molecule has 3 unspecified atom stereocenters. The first kappa shape index (κ1) is 13.9. The van der Waals surface area contributed by atoms with Crippen molar-refractivity contribution >= 4 is 0 Å². The van der Waals surface area contributed by atoms with Crippen molar-refractivity contribution in [2.45, 2.75) is 59.0 Å². The Hall–Kier alpha value is -0.0800. The van der Waals surface area contributed by atoms with Crippen LogP contribution in [0.5, 0.6) is 0 Å². The van der Waals surface area contributed by atoms with Gasteiger partial charge in [0.25, 0.3) is 0 Å². The van der Waals surface area contributed by atoms with Crippen molar-refractivity contribution in [3.63, 3.8) is 0 Å². The molecule has 0 amide bonds. The molecule has 3 atom stereocenters. The Balaban J connectivity index is 3.98. The third-order valence-corrected chi connectivity index (χ3v) is 3.15. The number of aliphatic hydroxyl groups is 2. The lowest BCUT2D eigenvalue weighted by atomic mass is 9.83. The molecule has 0 saturated heterocycles. The van der Waals surface area contributed by atoms with Gasteiger partial charge < -0.3 is 10.2 Å². The van der Waals surface area contributed by atoms with Gasteiger partial charge >= 0.3 is 0 Å². The highest BCUT2D eigenvalue weighted by Gasteiger charge is 2.20. The first-order chi connectivity index (χ1) is 6.69. The molecule has 2 nitrogen and oxygen atoms in total. The van der Waals surface area contributed by atoms with Crippen molar-refractivity contribution in [3.05, 3.63) is 0 Å². The zero-order valence-corrected chi connectivity index (χ0v) is 9.87. The SMILES string of the molecule is CCCC(O)CC(CC)C(CC)CO. The summed E-state index contributed by atoms with van der Waals surface area (Å²) in [6.45, 7) is 6.60. The first-order valence-electron chi connectivity index (χ1n) is 5.98. The standard InChI is InChI=1S/C12H26O2/c1-4-7-12(14)8-10(5-2)11(6-3)9-13/h10-14H,4-9H2,1-3H3. The van der Waals surface area contributed by atoms with Gasteiger partial charge in [-0.3, -0.25) is 0 Å². The zero-order chi connectivity index (χ0) is 11.0. The van der Waals surface area contributed by atoms with E-state index in [1.807, 2.05) is 0 Å². The zero-order valence-electron chi connectivity index (χ0n) is 9.87. The number of aliphatic hydroxyl groups excluding tert-OH is 2. The highest BCUT2D eigenvalue weighted by molar-refractivity contribution is 4.71. The molecule has 0 bridgehead atoms. The maximum Gasteiger partial charge on any atom is 0.0543 e. The Morgan fingerprint density at radius 1 is 1.00 bits per heavy atom. The van der Waals surface area contributed by atoms with Gasteiger partial charge in [0, 0.05) is 6.61 Å². The average molecular weight is 202 g/mol. The largest absolute Gasteiger partial charge is 0.396 e. The molecule has 0 aromatic rings.